The predicted molar refractivity (Wildman–Crippen MR) is 98.6 cm³/mol. The van der Waals surface area contributed by atoms with Gasteiger partial charge in [-0.3, -0.25) is 0 Å². The molecule has 5 heteroatoms. The molecule has 0 aliphatic rings. The van der Waals surface area contributed by atoms with Crippen molar-refractivity contribution in [2.24, 2.45) is 0 Å². The van der Waals surface area contributed by atoms with Crippen LogP contribution in [0.5, 0.6) is 11.6 Å². The molecule has 0 fully saturated rings. The monoisotopic (exact) mass is 399 g/mol. The van der Waals surface area contributed by atoms with Crippen molar-refractivity contribution in [2.75, 3.05) is 22.5 Å². The zero-order valence-corrected chi connectivity index (χ0v) is 14.8. The SMILES string of the molecule is CCCC[IH]c1ccccc1Oc1nc(NC)ccc1N. The molecule has 0 atom stereocenters. The summed E-state index contributed by atoms with van der Waals surface area (Å²) in [4.78, 5) is 4.38. The van der Waals surface area contributed by atoms with Gasteiger partial charge in [-0.2, -0.15) is 0 Å². The van der Waals surface area contributed by atoms with Gasteiger partial charge in [-0.1, -0.05) is 0 Å². The molecule has 114 valence electrons. The number of anilines is 2. The molecule has 2 rings (SSSR count). The molecule has 0 aliphatic heterocycles. The van der Waals surface area contributed by atoms with Crippen LogP contribution in [-0.4, -0.2) is 16.5 Å². The molecule has 2 aromatic rings. The van der Waals surface area contributed by atoms with E-state index < -0.39 is 0 Å². The Morgan fingerprint density at radius 1 is 1.24 bits per heavy atom. The van der Waals surface area contributed by atoms with Gasteiger partial charge < -0.3 is 0 Å². The number of nitrogens with one attached hydrogen (secondary N) is 1. The summed E-state index contributed by atoms with van der Waals surface area (Å²) in [6.45, 7) is 2.23. The second-order valence-electron chi connectivity index (χ2n) is 4.59. The van der Waals surface area contributed by atoms with E-state index in [0.29, 0.717) is 11.6 Å². The molecule has 0 amide bonds. The second kappa shape index (κ2) is 8.07. The molecule has 21 heavy (non-hydrogen) atoms. The third kappa shape index (κ3) is 4.49. The summed E-state index contributed by atoms with van der Waals surface area (Å²) in [5, 5.41) is 3.00. The first kappa shape index (κ1) is 15.9. The van der Waals surface area contributed by atoms with E-state index in [1.54, 1.807) is 0 Å². The van der Waals surface area contributed by atoms with Crippen LogP contribution in [0.4, 0.5) is 11.5 Å². The van der Waals surface area contributed by atoms with E-state index in [1.807, 2.05) is 31.3 Å². The van der Waals surface area contributed by atoms with Crippen LogP contribution < -0.4 is 15.8 Å². The van der Waals surface area contributed by atoms with Crippen molar-refractivity contribution in [1.82, 2.24) is 4.98 Å². The third-order valence-corrected chi connectivity index (χ3v) is 6.21. The number of hydrogen-bond donors (Lipinski definition) is 2. The normalized spacial score (nSPS) is 10.6. The molecule has 1 aromatic heterocycles. The van der Waals surface area contributed by atoms with Crippen LogP contribution in [0.25, 0.3) is 0 Å². The van der Waals surface area contributed by atoms with Crippen LogP contribution in [0.2, 0.25) is 0 Å². The van der Waals surface area contributed by atoms with E-state index in [0.717, 1.165) is 11.6 Å². The van der Waals surface area contributed by atoms with Gasteiger partial charge in [0.15, 0.2) is 0 Å². The summed E-state index contributed by atoms with van der Waals surface area (Å²) in [6.07, 6.45) is 2.53. The number of ether oxygens (including phenoxy) is 1. The topological polar surface area (TPSA) is 60.2 Å². The number of hydrogen-bond acceptors (Lipinski definition) is 4. The number of alkyl halides is 1. The Kier molecular flexibility index (Phi) is 6.10. The van der Waals surface area contributed by atoms with E-state index in [2.05, 4.69) is 29.4 Å². The van der Waals surface area contributed by atoms with Crippen molar-refractivity contribution in [3.05, 3.63) is 40.0 Å². The van der Waals surface area contributed by atoms with E-state index in [9.17, 15) is 0 Å². The molecule has 0 saturated heterocycles. The molecular weight excluding hydrogens is 377 g/mol. The number of pyridine rings is 1. The van der Waals surface area contributed by atoms with Gasteiger partial charge in [0, 0.05) is 0 Å². The molecular formula is C16H22IN3O. The molecule has 0 bridgehead atoms. The first-order chi connectivity index (χ1) is 10.2. The van der Waals surface area contributed by atoms with Gasteiger partial charge in [0.25, 0.3) is 0 Å². The van der Waals surface area contributed by atoms with Crippen molar-refractivity contribution >= 4 is 32.7 Å². The van der Waals surface area contributed by atoms with Gasteiger partial charge >= 0.3 is 136 Å². The Hall–Kier alpha value is -1.50. The Morgan fingerprint density at radius 3 is 2.81 bits per heavy atom. The Labute approximate surface area is 136 Å². The minimum absolute atomic E-state index is 0.220. The molecule has 1 aromatic carbocycles. The number of nitrogens with zero attached hydrogens (tertiary/aromatic N) is 1. The number of aromatic nitrogens is 1. The van der Waals surface area contributed by atoms with E-state index >= 15 is 0 Å². The first-order valence-electron chi connectivity index (χ1n) is 7.08. The zero-order valence-electron chi connectivity index (χ0n) is 12.4. The third-order valence-electron chi connectivity index (χ3n) is 2.96. The van der Waals surface area contributed by atoms with E-state index in [1.165, 1.54) is 20.8 Å². The summed E-state index contributed by atoms with van der Waals surface area (Å²) >= 11 is -0.220. The van der Waals surface area contributed by atoms with Crippen LogP contribution in [-0.2, 0) is 0 Å². The number of unbranched alkanes of at least 4 members (excludes halogenated alkanes) is 1. The molecule has 0 spiro atoms. The predicted octanol–water partition coefficient (Wildman–Crippen LogP) is 4.17. The van der Waals surface area contributed by atoms with Crippen molar-refractivity contribution < 1.29 is 4.74 Å². The molecule has 0 aliphatic carbocycles. The summed E-state index contributed by atoms with van der Waals surface area (Å²) < 4.78 is 8.59. The van der Waals surface area contributed by atoms with E-state index in [4.69, 9.17) is 10.5 Å². The maximum absolute atomic E-state index is 5.97. The Balaban J connectivity index is 2.19. The van der Waals surface area contributed by atoms with Crippen molar-refractivity contribution in [2.45, 2.75) is 19.8 Å². The zero-order chi connectivity index (χ0) is 15.1. The van der Waals surface area contributed by atoms with Gasteiger partial charge in [0.1, 0.15) is 0 Å². The van der Waals surface area contributed by atoms with Crippen molar-refractivity contribution in [3.8, 4) is 11.6 Å². The summed E-state index contributed by atoms with van der Waals surface area (Å²) in [5.74, 6) is 2.11. The average molecular weight is 399 g/mol. The number of nitrogens with two attached hydrogens (primary N) is 1. The number of benzene rings is 1. The van der Waals surface area contributed by atoms with Gasteiger partial charge in [0.2, 0.25) is 0 Å². The number of para-hydroxylation sites is 1. The van der Waals surface area contributed by atoms with Gasteiger partial charge in [-0.05, 0) is 0 Å². The Bertz CT molecular complexity index is 589. The van der Waals surface area contributed by atoms with Crippen LogP contribution in [0.1, 0.15) is 19.8 Å². The van der Waals surface area contributed by atoms with Crippen LogP contribution in [0.3, 0.4) is 0 Å². The standard InChI is InChI=1S/C16H22IN3O/c1-3-4-11-17-12-7-5-6-8-14(12)21-16-13(18)9-10-15(19-2)20-16/h5-10,17H,3-4,11,18H2,1-2H3,(H,19,20). The quantitative estimate of drug-likeness (QED) is 0.417. The van der Waals surface area contributed by atoms with Crippen LogP contribution in [0.15, 0.2) is 36.4 Å². The van der Waals surface area contributed by atoms with Crippen molar-refractivity contribution in [3.63, 3.8) is 0 Å². The van der Waals surface area contributed by atoms with Crippen molar-refractivity contribution in [1.29, 1.82) is 0 Å². The molecule has 3 N–H and O–H groups in total. The second-order valence-corrected chi connectivity index (χ2v) is 7.84. The van der Waals surface area contributed by atoms with Crippen LogP contribution >= 0.6 is 21.2 Å². The summed E-state index contributed by atoms with van der Waals surface area (Å²) in [5.41, 5.74) is 6.51. The van der Waals surface area contributed by atoms with Gasteiger partial charge in [0.05, 0.1) is 0 Å². The molecule has 0 radical (unpaired) electrons. The van der Waals surface area contributed by atoms with E-state index in [-0.39, 0.29) is 21.2 Å². The Morgan fingerprint density at radius 2 is 2.05 bits per heavy atom. The molecule has 4 nitrogen and oxygen atoms in total. The van der Waals surface area contributed by atoms with Crippen LogP contribution in [0, 0.1) is 3.57 Å². The average Bonchev–Trinajstić information content (AvgIpc) is 2.51. The fraction of sp³-hybridized carbons (Fsp3) is 0.312. The number of halogens is 1. The molecule has 1 heterocycles. The number of rotatable bonds is 7. The minimum atomic E-state index is -0.220. The first-order valence-corrected chi connectivity index (χ1v) is 9.90. The molecule has 0 unspecified atom stereocenters. The number of nitrogen functional groups attached to an aromatic ring is 1. The fourth-order valence-corrected chi connectivity index (χ4v) is 4.84. The van der Waals surface area contributed by atoms with Gasteiger partial charge in [-0.15, -0.1) is 0 Å². The maximum atomic E-state index is 5.97. The summed E-state index contributed by atoms with van der Waals surface area (Å²) in [6, 6.07) is 11.9. The molecule has 0 saturated carbocycles. The summed E-state index contributed by atoms with van der Waals surface area (Å²) in [7, 11) is 1.83. The van der Waals surface area contributed by atoms with Gasteiger partial charge in [-0.25, -0.2) is 0 Å². The fourth-order valence-electron chi connectivity index (χ4n) is 1.76.